The van der Waals surface area contributed by atoms with Crippen molar-refractivity contribution in [2.24, 2.45) is 0 Å². The number of carbonyl (C=O) groups is 1. The van der Waals surface area contributed by atoms with Gasteiger partial charge in [-0.15, -0.1) is 0 Å². The number of aryl methyl sites for hydroxylation is 1. The van der Waals surface area contributed by atoms with Gasteiger partial charge < -0.3 is 10.6 Å². The smallest absolute Gasteiger partial charge is 0.259 e. The molecule has 0 saturated heterocycles. The molecule has 2 N–H and O–H groups in total. The minimum Gasteiger partial charge on any atom is -0.399 e. The molecule has 0 spiro atoms. The highest BCUT2D eigenvalue weighted by Gasteiger charge is 2.28. The van der Waals surface area contributed by atoms with Gasteiger partial charge in [0.1, 0.15) is 0 Å². The van der Waals surface area contributed by atoms with E-state index in [0.717, 1.165) is 23.2 Å². The average molecular weight is 336 g/mol. The van der Waals surface area contributed by atoms with E-state index in [1.165, 1.54) is 44.1 Å². The highest BCUT2D eigenvalue weighted by molar-refractivity contribution is 6.10. The van der Waals surface area contributed by atoms with Gasteiger partial charge in [-0.2, -0.15) is 0 Å². The van der Waals surface area contributed by atoms with Gasteiger partial charge in [-0.3, -0.25) is 4.79 Å². The van der Waals surface area contributed by atoms with Gasteiger partial charge in [0.05, 0.1) is 6.54 Å². The molecule has 0 bridgehead atoms. The average Bonchev–Trinajstić information content (AvgIpc) is 2.95. The summed E-state index contributed by atoms with van der Waals surface area (Å²) in [6.07, 6.45) is 9.03. The maximum absolute atomic E-state index is 12.6. The predicted octanol–water partition coefficient (Wildman–Crippen LogP) is 5.33. The molecule has 25 heavy (non-hydrogen) atoms. The Labute approximate surface area is 150 Å². The molecule has 3 nitrogen and oxygen atoms in total. The molecule has 2 aromatic carbocycles. The number of benzene rings is 2. The fourth-order valence-corrected chi connectivity index (χ4v) is 3.48. The lowest BCUT2D eigenvalue weighted by Crippen LogP contribution is -2.22. The second-order valence-corrected chi connectivity index (χ2v) is 6.99. The third kappa shape index (κ3) is 4.22. The zero-order valence-electron chi connectivity index (χ0n) is 15.1. The molecule has 132 valence electrons. The van der Waals surface area contributed by atoms with Crippen LogP contribution in [0.3, 0.4) is 0 Å². The summed E-state index contributed by atoms with van der Waals surface area (Å²) in [5.41, 5.74) is 10.6. The quantitative estimate of drug-likeness (QED) is 0.523. The number of fused-ring (bicyclic) bond motifs is 1. The molecule has 1 aliphatic rings. The zero-order chi connectivity index (χ0) is 17.6. The molecule has 0 atom stereocenters. The predicted molar refractivity (Wildman–Crippen MR) is 105 cm³/mol. The van der Waals surface area contributed by atoms with E-state index >= 15 is 0 Å². The summed E-state index contributed by atoms with van der Waals surface area (Å²) < 4.78 is 0. The summed E-state index contributed by atoms with van der Waals surface area (Å²) in [4.78, 5) is 14.4. The SMILES string of the molecule is CCCCCCCCc1ccc(N2Cc3ccc(N)cc3C2=O)cc1. The van der Waals surface area contributed by atoms with Crippen LogP contribution in [0.1, 0.15) is 66.9 Å². The van der Waals surface area contributed by atoms with Gasteiger partial charge in [-0.05, 0) is 48.2 Å². The molecule has 3 heteroatoms. The third-order valence-corrected chi connectivity index (χ3v) is 5.00. The summed E-state index contributed by atoms with van der Waals surface area (Å²) in [5.74, 6) is 0.0472. The molecule has 0 aliphatic carbocycles. The first-order valence-corrected chi connectivity index (χ1v) is 9.48. The lowest BCUT2D eigenvalue weighted by Gasteiger charge is -2.16. The number of rotatable bonds is 8. The first kappa shape index (κ1) is 17.5. The Bertz CT molecular complexity index is 721. The van der Waals surface area contributed by atoms with Crippen LogP contribution in [0.15, 0.2) is 42.5 Å². The minimum absolute atomic E-state index is 0.0472. The van der Waals surface area contributed by atoms with E-state index in [0.29, 0.717) is 12.2 Å². The normalized spacial score (nSPS) is 13.3. The summed E-state index contributed by atoms with van der Waals surface area (Å²) >= 11 is 0. The summed E-state index contributed by atoms with van der Waals surface area (Å²) in [5, 5.41) is 0. The Morgan fingerprint density at radius 2 is 1.68 bits per heavy atom. The number of nitrogens with zero attached hydrogens (tertiary/aromatic N) is 1. The molecule has 1 amide bonds. The van der Waals surface area contributed by atoms with E-state index in [9.17, 15) is 4.79 Å². The summed E-state index contributed by atoms with van der Waals surface area (Å²) in [7, 11) is 0. The van der Waals surface area contributed by atoms with Crippen LogP contribution in [0, 0.1) is 0 Å². The molecular formula is C22H28N2O. The van der Waals surface area contributed by atoms with Crippen molar-refractivity contribution in [2.75, 3.05) is 10.6 Å². The van der Waals surface area contributed by atoms with E-state index < -0.39 is 0 Å². The monoisotopic (exact) mass is 336 g/mol. The van der Waals surface area contributed by atoms with Crippen molar-refractivity contribution in [1.29, 1.82) is 0 Å². The molecule has 1 aliphatic heterocycles. The van der Waals surface area contributed by atoms with Crippen LogP contribution in [0.5, 0.6) is 0 Å². The molecule has 0 radical (unpaired) electrons. The molecule has 0 unspecified atom stereocenters. The minimum atomic E-state index is 0.0472. The second-order valence-electron chi connectivity index (χ2n) is 6.99. The third-order valence-electron chi connectivity index (χ3n) is 5.00. The topological polar surface area (TPSA) is 46.3 Å². The van der Waals surface area contributed by atoms with Gasteiger partial charge in [0.25, 0.3) is 5.91 Å². The van der Waals surface area contributed by atoms with Crippen LogP contribution in [0.2, 0.25) is 0 Å². The fourth-order valence-electron chi connectivity index (χ4n) is 3.48. The Morgan fingerprint density at radius 1 is 0.960 bits per heavy atom. The summed E-state index contributed by atoms with van der Waals surface area (Å²) in [6.45, 7) is 2.88. The fraction of sp³-hybridized carbons (Fsp3) is 0.409. The molecule has 0 fully saturated rings. The summed E-state index contributed by atoms with van der Waals surface area (Å²) in [6, 6.07) is 14.1. The van der Waals surface area contributed by atoms with Gasteiger partial charge in [-0.25, -0.2) is 0 Å². The van der Waals surface area contributed by atoms with Crippen LogP contribution in [0.4, 0.5) is 11.4 Å². The van der Waals surface area contributed by atoms with Crippen LogP contribution in [0.25, 0.3) is 0 Å². The maximum Gasteiger partial charge on any atom is 0.259 e. The number of nitrogen functional groups attached to an aromatic ring is 1. The number of unbranched alkanes of at least 4 members (excludes halogenated alkanes) is 5. The lowest BCUT2D eigenvalue weighted by atomic mass is 10.0. The van der Waals surface area contributed by atoms with Crippen molar-refractivity contribution in [1.82, 2.24) is 0 Å². The first-order valence-electron chi connectivity index (χ1n) is 9.48. The van der Waals surface area contributed by atoms with Crippen molar-refractivity contribution in [3.05, 3.63) is 59.2 Å². The number of hydrogen-bond acceptors (Lipinski definition) is 2. The molecule has 3 rings (SSSR count). The van der Waals surface area contributed by atoms with Crippen LogP contribution < -0.4 is 10.6 Å². The zero-order valence-corrected chi connectivity index (χ0v) is 15.1. The Morgan fingerprint density at radius 3 is 2.44 bits per heavy atom. The van der Waals surface area contributed by atoms with Crippen molar-refractivity contribution in [2.45, 2.75) is 58.4 Å². The molecule has 1 heterocycles. The maximum atomic E-state index is 12.6. The number of carbonyl (C=O) groups excluding carboxylic acids is 1. The molecular weight excluding hydrogens is 308 g/mol. The van der Waals surface area contributed by atoms with Crippen LogP contribution in [-0.2, 0) is 13.0 Å². The van der Waals surface area contributed by atoms with E-state index in [-0.39, 0.29) is 5.91 Å². The van der Waals surface area contributed by atoms with E-state index in [1.807, 2.05) is 17.0 Å². The Balaban J connectivity index is 1.55. The van der Waals surface area contributed by atoms with E-state index in [4.69, 9.17) is 5.73 Å². The molecule has 2 aromatic rings. The van der Waals surface area contributed by atoms with Gasteiger partial charge in [0, 0.05) is 16.9 Å². The number of nitrogens with two attached hydrogens (primary N) is 1. The van der Waals surface area contributed by atoms with Crippen molar-refractivity contribution < 1.29 is 4.79 Å². The largest absolute Gasteiger partial charge is 0.399 e. The standard InChI is InChI=1S/C22H28N2O/c1-2-3-4-5-6-7-8-17-9-13-20(14-10-17)24-16-18-11-12-19(23)15-21(18)22(24)25/h9-15H,2-8,16,23H2,1H3. The van der Waals surface area contributed by atoms with Crippen molar-refractivity contribution >= 4 is 17.3 Å². The van der Waals surface area contributed by atoms with Gasteiger partial charge in [0.15, 0.2) is 0 Å². The highest BCUT2D eigenvalue weighted by atomic mass is 16.2. The second kappa shape index (κ2) is 8.19. The Kier molecular flexibility index (Phi) is 5.75. The van der Waals surface area contributed by atoms with E-state index in [1.54, 1.807) is 6.07 Å². The van der Waals surface area contributed by atoms with E-state index in [2.05, 4.69) is 31.2 Å². The number of anilines is 2. The molecule has 0 saturated carbocycles. The van der Waals surface area contributed by atoms with Gasteiger partial charge in [-0.1, -0.05) is 57.2 Å². The molecule has 0 aromatic heterocycles. The number of hydrogen-bond donors (Lipinski definition) is 1. The van der Waals surface area contributed by atoms with Gasteiger partial charge in [0.2, 0.25) is 0 Å². The number of amides is 1. The first-order chi connectivity index (χ1) is 12.2. The van der Waals surface area contributed by atoms with Gasteiger partial charge >= 0.3 is 0 Å². The van der Waals surface area contributed by atoms with Crippen LogP contribution in [-0.4, -0.2) is 5.91 Å². The Hall–Kier alpha value is -2.29. The lowest BCUT2D eigenvalue weighted by molar-refractivity contribution is 0.0996. The van der Waals surface area contributed by atoms with Crippen molar-refractivity contribution in [3.63, 3.8) is 0 Å². The van der Waals surface area contributed by atoms with Crippen molar-refractivity contribution in [3.8, 4) is 0 Å². The highest BCUT2D eigenvalue weighted by Crippen LogP contribution is 2.29. The van der Waals surface area contributed by atoms with Crippen LogP contribution >= 0.6 is 0 Å².